The van der Waals surface area contributed by atoms with E-state index in [1.165, 1.54) is 12.1 Å². The molecule has 0 fully saturated rings. The number of halogens is 1. The van der Waals surface area contributed by atoms with E-state index in [1.54, 1.807) is 42.6 Å². The summed E-state index contributed by atoms with van der Waals surface area (Å²) in [6.07, 6.45) is 6.62. The molecule has 0 unspecified atom stereocenters. The average molecular weight is 432 g/mol. The predicted octanol–water partition coefficient (Wildman–Crippen LogP) is 4.87. The zero-order valence-electron chi connectivity index (χ0n) is 18.1. The first-order valence-corrected chi connectivity index (χ1v) is 10.6. The molecule has 0 spiro atoms. The fourth-order valence-corrected chi connectivity index (χ4v) is 3.82. The molecule has 0 saturated heterocycles. The molecule has 7 heteroatoms. The number of H-pyrrole nitrogens is 1. The van der Waals surface area contributed by atoms with Gasteiger partial charge in [-0.1, -0.05) is 13.0 Å². The summed E-state index contributed by atoms with van der Waals surface area (Å²) in [6.45, 7) is 3.15. The van der Waals surface area contributed by atoms with E-state index in [0.717, 1.165) is 34.0 Å². The number of carbonyl (C=O) groups excluding carboxylic acids is 1. The molecule has 4 rings (SSSR count). The van der Waals surface area contributed by atoms with Crippen molar-refractivity contribution >= 4 is 16.8 Å². The normalized spacial score (nSPS) is 11.0. The first kappa shape index (κ1) is 21.5. The Bertz CT molecular complexity index is 1220. The number of hydrogen-bond acceptors (Lipinski definition) is 4. The van der Waals surface area contributed by atoms with E-state index in [2.05, 4.69) is 15.0 Å². The lowest BCUT2D eigenvalue weighted by molar-refractivity contribution is 0.0752. The highest BCUT2D eigenvalue weighted by Crippen LogP contribution is 2.25. The first-order valence-electron chi connectivity index (χ1n) is 10.6. The molecule has 3 aromatic heterocycles. The first-order chi connectivity index (χ1) is 15.6. The Balaban J connectivity index is 1.58. The topological polar surface area (TPSA) is 71.1 Å². The van der Waals surface area contributed by atoms with Gasteiger partial charge in [-0.15, -0.1) is 0 Å². The number of ether oxygens (including phenoxy) is 1. The monoisotopic (exact) mass is 432 g/mol. The second kappa shape index (κ2) is 9.60. The fourth-order valence-electron chi connectivity index (χ4n) is 3.82. The molecule has 0 aliphatic heterocycles. The molecular weight excluding hydrogens is 407 g/mol. The second-order valence-electron chi connectivity index (χ2n) is 7.53. The maximum atomic E-state index is 13.7. The summed E-state index contributed by atoms with van der Waals surface area (Å²) < 4.78 is 18.8. The number of carbonyl (C=O) groups is 1. The van der Waals surface area contributed by atoms with Crippen molar-refractivity contribution in [3.05, 3.63) is 78.1 Å². The maximum Gasteiger partial charge on any atom is 0.273 e. The molecule has 6 nitrogen and oxygen atoms in total. The average Bonchev–Trinajstić information content (AvgIpc) is 3.23. The van der Waals surface area contributed by atoms with Crippen molar-refractivity contribution in [1.82, 2.24) is 19.9 Å². The van der Waals surface area contributed by atoms with Crippen molar-refractivity contribution in [2.75, 3.05) is 20.2 Å². The number of methoxy groups -OCH3 is 1. The van der Waals surface area contributed by atoms with Gasteiger partial charge in [0.15, 0.2) is 0 Å². The summed E-state index contributed by atoms with van der Waals surface area (Å²) in [5, 5.41) is 0.844. The number of aromatic nitrogens is 3. The Labute approximate surface area is 186 Å². The van der Waals surface area contributed by atoms with Gasteiger partial charge >= 0.3 is 0 Å². The van der Waals surface area contributed by atoms with Crippen LogP contribution in [-0.2, 0) is 6.42 Å². The molecule has 1 amide bonds. The number of benzene rings is 1. The highest BCUT2D eigenvalue weighted by atomic mass is 19.1. The van der Waals surface area contributed by atoms with Crippen LogP contribution in [0.2, 0.25) is 0 Å². The van der Waals surface area contributed by atoms with Crippen molar-refractivity contribution < 1.29 is 13.9 Å². The van der Waals surface area contributed by atoms with Crippen molar-refractivity contribution in [2.45, 2.75) is 19.8 Å². The van der Waals surface area contributed by atoms with Crippen LogP contribution in [0, 0.1) is 5.82 Å². The van der Waals surface area contributed by atoms with Gasteiger partial charge in [-0.25, -0.2) is 9.37 Å². The van der Waals surface area contributed by atoms with Gasteiger partial charge in [-0.05, 0) is 48.7 Å². The van der Waals surface area contributed by atoms with E-state index in [4.69, 9.17) is 4.74 Å². The lowest BCUT2D eigenvalue weighted by Gasteiger charge is -2.23. The molecule has 164 valence electrons. The van der Waals surface area contributed by atoms with E-state index in [1.807, 2.05) is 25.3 Å². The zero-order valence-corrected chi connectivity index (χ0v) is 18.1. The summed E-state index contributed by atoms with van der Waals surface area (Å²) in [4.78, 5) is 27.1. The minimum absolute atomic E-state index is 0.135. The van der Waals surface area contributed by atoms with Crippen molar-refractivity contribution in [3.8, 4) is 17.0 Å². The molecular formula is C25H25FN4O2. The maximum absolute atomic E-state index is 13.7. The minimum Gasteiger partial charge on any atom is -0.481 e. The van der Waals surface area contributed by atoms with Crippen LogP contribution in [0.25, 0.3) is 22.0 Å². The van der Waals surface area contributed by atoms with Crippen LogP contribution >= 0.6 is 0 Å². The lowest BCUT2D eigenvalue weighted by Crippen LogP contribution is -2.34. The van der Waals surface area contributed by atoms with Crippen LogP contribution < -0.4 is 4.74 Å². The summed E-state index contributed by atoms with van der Waals surface area (Å²) in [6, 6.07) is 12.0. The summed E-state index contributed by atoms with van der Waals surface area (Å²) in [5.41, 5.74) is 3.77. The van der Waals surface area contributed by atoms with Gasteiger partial charge in [0.05, 0.1) is 7.11 Å². The van der Waals surface area contributed by atoms with Crippen LogP contribution in [0.15, 0.2) is 61.1 Å². The van der Waals surface area contributed by atoms with Gasteiger partial charge in [-0.2, -0.15) is 0 Å². The smallest absolute Gasteiger partial charge is 0.273 e. The third kappa shape index (κ3) is 4.46. The lowest BCUT2D eigenvalue weighted by atomic mass is 10.0. The molecule has 0 aliphatic rings. The molecule has 0 bridgehead atoms. The molecule has 1 aromatic carbocycles. The Kier molecular flexibility index (Phi) is 6.44. The molecule has 32 heavy (non-hydrogen) atoms. The standard InChI is InChI=1S/C25H25FN4O2/c1-3-12-30(13-10-18-15-28-22-8-7-19(26)14-21(18)22)25(31)24-20(5-4-11-27-24)17-6-9-23(32-2)29-16-17/h4-9,11,14-16,28H,3,10,12-13H2,1-2H3. The van der Waals surface area contributed by atoms with Crippen molar-refractivity contribution in [1.29, 1.82) is 0 Å². The Morgan fingerprint density at radius 2 is 2.03 bits per heavy atom. The van der Waals surface area contributed by atoms with Gasteiger partial charge in [0.2, 0.25) is 5.88 Å². The van der Waals surface area contributed by atoms with E-state index >= 15 is 0 Å². The van der Waals surface area contributed by atoms with E-state index in [-0.39, 0.29) is 11.7 Å². The zero-order chi connectivity index (χ0) is 22.5. The predicted molar refractivity (Wildman–Crippen MR) is 122 cm³/mol. The molecule has 0 aliphatic carbocycles. The van der Waals surface area contributed by atoms with Crippen LogP contribution in [0.4, 0.5) is 4.39 Å². The number of rotatable bonds is 8. The molecule has 0 atom stereocenters. The Morgan fingerprint density at radius 1 is 1.16 bits per heavy atom. The van der Waals surface area contributed by atoms with E-state index in [0.29, 0.717) is 31.1 Å². The highest BCUT2D eigenvalue weighted by molar-refractivity contribution is 5.99. The third-order valence-electron chi connectivity index (χ3n) is 5.43. The van der Waals surface area contributed by atoms with Crippen molar-refractivity contribution in [2.24, 2.45) is 0 Å². The van der Waals surface area contributed by atoms with Crippen LogP contribution in [0.3, 0.4) is 0 Å². The van der Waals surface area contributed by atoms with Gasteiger partial charge in [0.1, 0.15) is 11.5 Å². The number of pyridine rings is 2. The molecule has 0 saturated carbocycles. The fraction of sp³-hybridized carbons (Fsp3) is 0.240. The number of hydrogen-bond donors (Lipinski definition) is 1. The minimum atomic E-state index is -0.272. The van der Waals surface area contributed by atoms with Crippen LogP contribution in [0.5, 0.6) is 5.88 Å². The quantitative estimate of drug-likeness (QED) is 0.431. The summed E-state index contributed by atoms with van der Waals surface area (Å²) >= 11 is 0. The third-order valence-corrected chi connectivity index (χ3v) is 5.43. The molecule has 1 N–H and O–H groups in total. The molecule has 4 aromatic rings. The van der Waals surface area contributed by atoms with Crippen LogP contribution in [-0.4, -0.2) is 46.0 Å². The summed E-state index contributed by atoms with van der Waals surface area (Å²) in [5.74, 6) is 0.101. The second-order valence-corrected chi connectivity index (χ2v) is 7.53. The molecule has 3 heterocycles. The van der Waals surface area contributed by atoms with E-state index < -0.39 is 0 Å². The molecule has 0 radical (unpaired) electrons. The van der Waals surface area contributed by atoms with Crippen LogP contribution in [0.1, 0.15) is 29.4 Å². The number of nitrogens with one attached hydrogen (secondary N) is 1. The Hall–Kier alpha value is -3.74. The SMILES string of the molecule is CCCN(CCc1c[nH]c2ccc(F)cc12)C(=O)c1ncccc1-c1ccc(OC)nc1. The summed E-state index contributed by atoms with van der Waals surface area (Å²) in [7, 11) is 1.56. The van der Waals surface area contributed by atoms with Gasteiger partial charge < -0.3 is 14.6 Å². The number of nitrogens with zero attached hydrogens (tertiary/aromatic N) is 3. The number of fused-ring (bicyclic) bond motifs is 1. The van der Waals surface area contributed by atoms with Gasteiger partial charge in [0, 0.05) is 59.8 Å². The largest absolute Gasteiger partial charge is 0.481 e. The number of aromatic amines is 1. The van der Waals surface area contributed by atoms with Gasteiger partial charge in [0.25, 0.3) is 5.91 Å². The van der Waals surface area contributed by atoms with E-state index in [9.17, 15) is 9.18 Å². The van der Waals surface area contributed by atoms with Crippen molar-refractivity contribution in [3.63, 3.8) is 0 Å². The number of amides is 1. The highest BCUT2D eigenvalue weighted by Gasteiger charge is 2.21. The van der Waals surface area contributed by atoms with Gasteiger partial charge in [-0.3, -0.25) is 9.78 Å². The Morgan fingerprint density at radius 3 is 2.78 bits per heavy atom.